The van der Waals surface area contributed by atoms with Crippen molar-refractivity contribution in [2.24, 2.45) is 0 Å². The van der Waals surface area contributed by atoms with Crippen LogP contribution in [0, 0.1) is 0 Å². The summed E-state index contributed by atoms with van der Waals surface area (Å²) >= 11 is 6.35. The Morgan fingerprint density at radius 1 is 1.07 bits per heavy atom. The lowest BCUT2D eigenvalue weighted by Crippen LogP contribution is -2.23. The molecule has 2 aromatic carbocycles. The van der Waals surface area contributed by atoms with Crippen molar-refractivity contribution < 1.29 is 22.6 Å². The minimum atomic E-state index is -4.72. The maximum Gasteiger partial charge on any atom is 0.573 e. The Hall–Kier alpha value is -2.81. The standard InChI is InChI=1S/C20H20ClF3N4O2/c21-16-11-13(25)12-17-18(16)26-19(27-7-1-2-8-27)28(17)9-10-29-14-3-5-15(6-4-14)30-20(22,23)24/h3-6,11-12H,1-2,7-10,25H2. The second-order valence-corrected chi connectivity index (χ2v) is 7.40. The van der Waals surface area contributed by atoms with E-state index in [2.05, 4.69) is 9.64 Å². The fraction of sp³-hybridized carbons (Fsp3) is 0.350. The molecule has 6 nitrogen and oxygen atoms in total. The van der Waals surface area contributed by atoms with Crippen molar-refractivity contribution in [3.63, 3.8) is 0 Å². The lowest BCUT2D eigenvalue weighted by atomic mass is 10.3. The molecule has 0 bridgehead atoms. The van der Waals surface area contributed by atoms with Gasteiger partial charge in [-0.15, -0.1) is 13.2 Å². The van der Waals surface area contributed by atoms with Crippen molar-refractivity contribution in [2.45, 2.75) is 25.7 Å². The van der Waals surface area contributed by atoms with Crippen LogP contribution in [0.15, 0.2) is 36.4 Å². The van der Waals surface area contributed by atoms with Crippen molar-refractivity contribution in [1.29, 1.82) is 0 Å². The monoisotopic (exact) mass is 440 g/mol. The summed E-state index contributed by atoms with van der Waals surface area (Å²) in [6.07, 6.45) is -2.52. The average molecular weight is 441 g/mol. The van der Waals surface area contributed by atoms with E-state index in [0.717, 1.165) is 37.4 Å². The fourth-order valence-corrected chi connectivity index (χ4v) is 3.83. The quantitative estimate of drug-likeness (QED) is 0.555. The lowest BCUT2D eigenvalue weighted by molar-refractivity contribution is -0.274. The molecule has 0 saturated carbocycles. The van der Waals surface area contributed by atoms with Gasteiger partial charge in [-0.3, -0.25) is 0 Å². The van der Waals surface area contributed by atoms with Crippen LogP contribution in [0.5, 0.6) is 11.5 Å². The van der Waals surface area contributed by atoms with Crippen LogP contribution in [0.25, 0.3) is 11.0 Å². The van der Waals surface area contributed by atoms with E-state index in [1.54, 1.807) is 6.07 Å². The zero-order valence-corrected chi connectivity index (χ0v) is 16.7. The van der Waals surface area contributed by atoms with Gasteiger partial charge in [-0.1, -0.05) is 11.6 Å². The van der Waals surface area contributed by atoms with Gasteiger partial charge in [-0.2, -0.15) is 0 Å². The molecule has 30 heavy (non-hydrogen) atoms. The smallest absolute Gasteiger partial charge is 0.492 e. The second kappa shape index (κ2) is 8.14. The third-order valence-corrected chi connectivity index (χ3v) is 5.13. The van der Waals surface area contributed by atoms with E-state index in [0.29, 0.717) is 28.5 Å². The van der Waals surface area contributed by atoms with Crippen LogP contribution in [0.4, 0.5) is 24.8 Å². The Morgan fingerprint density at radius 2 is 1.73 bits per heavy atom. The summed E-state index contributed by atoms with van der Waals surface area (Å²) in [5.74, 6) is 0.957. The number of alkyl halides is 3. The number of hydrogen-bond donors (Lipinski definition) is 1. The van der Waals surface area contributed by atoms with E-state index in [1.807, 2.05) is 10.6 Å². The highest BCUT2D eigenvalue weighted by Crippen LogP contribution is 2.32. The van der Waals surface area contributed by atoms with Gasteiger partial charge in [0.1, 0.15) is 23.6 Å². The SMILES string of the molecule is Nc1cc(Cl)c2nc(N3CCCC3)n(CCOc3ccc(OC(F)(F)F)cc3)c2c1. The van der Waals surface area contributed by atoms with Gasteiger partial charge in [0.15, 0.2) is 0 Å². The Kier molecular flexibility index (Phi) is 5.55. The molecule has 0 aliphatic carbocycles. The van der Waals surface area contributed by atoms with E-state index >= 15 is 0 Å². The van der Waals surface area contributed by atoms with E-state index < -0.39 is 6.36 Å². The van der Waals surface area contributed by atoms with Crippen molar-refractivity contribution in [3.8, 4) is 11.5 Å². The predicted octanol–water partition coefficient (Wildman–Crippen LogP) is 4.85. The van der Waals surface area contributed by atoms with Crippen molar-refractivity contribution in [1.82, 2.24) is 9.55 Å². The van der Waals surface area contributed by atoms with Crippen LogP contribution in [0.3, 0.4) is 0 Å². The number of rotatable bonds is 6. The fourth-order valence-electron chi connectivity index (χ4n) is 3.56. The topological polar surface area (TPSA) is 65.5 Å². The average Bonchev–Trinajstić information content (AvgIpc) is 3.30. The molecule has 160 valence electrons. The van der Waals surface area contributed by atoms with E-state index in [4.69, 9.17) is 27.1 Å². The van der Waals surface area contributed by atoms with Crippen LogP contribution in [-0.2, 0) is 6.54 Å². The molecule has 1 aliphatic rings. The van der Waals surface area contributed by atoms with Gasteiger partial charge in [0.05, 0.1) is 17.1 Å². The van der Waals surface area contributed by atoms with Crippen LogP contribution >= 0.6 is 11.6 Å². The molecule has 1 aliphatic heterocycles. The molecule has 3 aromatic rings. The number of anilines is 2. The number of fused-ring (bicyclic) bond motifs is 1. The van der Waals surface area contributed by atoms with Crippen molar-refractivity contribution in [3.05, 3.63) is 41.4 Å². The third kappa shape index (κ3) is 4.51. The molecule has 4 rings (SSSR count). The van der Waals surface area contributed by atoms with Gasteiger partial charge in [0, 0.05) is 18.8 Å². The van der Waals surface area contributed by atoms with Crippen molar-refractivity contribution >= 4 is 34.3 Å². The first-order valence-electron chi connectivity index (χ1n) is 9.49. The van der Waals surface area contributed by atoms with Gasteiger partial charge < -0.3 is 24.7 Å². The van der Waals surface area contributed by atoms with Gasteiger partial charge in [0.2, 0.25) is 5.95 Å². The second-order valence-electron chi connectivity index (χ2n) is 7.00. The molecular weight excluding hydrogens is 421 g/mol. The molecule has 0 atom stereocenters. The number of aromatic nitrogens is 2. The van der Waals surface area contributed by atoms with Crippen LogP contribution < -0.4 is 20.1 Å². The largest absolute Gasteiger partial charge is 0.573 e. The number of nitrogens with zero attached hydrogens (tertiary/aromatic N) is 3. The number of halogens is 4. The summed E-state index contributed by atoms with van der Waals surface area (Å²) in [7, 11) is 0. The van der Waals surface area contributed by atoms with Gasteiger partial charge in [0.25, 0.3) is 0 Å². The summed E-state index contributed by atoms with van der Waals surface area (Å²) in [6, 6.07) is 8.80. The molecular formula is C20H20ClF3N4O2. The molecule has 0 radical (unpaired) electrons. The van der Waals surface area contributed by atoms with Crippen LogP contribution in [-0.4, -0.2) is 35.6 Å². The van der Waals surface area contributed by atoms with Gasteiger partial charge >= 0.3 is 6.36 Å². The van der Waals surface area contributed by atoms with E-state index in [-0.39, 0.29) is 12.4 Å². The zero-order chi connectivity index (χ0) is 21.3. The zero-order valence-electron chi connectivity index (χ0n) is 16.0. The summed E-state index contributed by atoms with van der Waals surface area (Å²) in [5, 5.41) is 0.491. The molecule has 0 spiro atoms. The predicted molar refractivity (Wildman–Crippen MR) is 109 cm³/mol. The highest BCUT2D eigenvalue weighted by Gasteiger charge is 2.31. The van der Waals surface area contributed by atoms with Gasteiger partial charge in [-0.05, 0) is 49.2 Å². The number of ether oxygens (including phenoxy) is 2. The number of benzene rings is 2. The highest BCUT2D eigenvalue weighted by molar-refractivity contribution is 6.35. The first-order chi connectivity index (χ1) is 14.3. The Morgan fingerprint density at radius 3 is 2.40 bits per heavy atom. The molecule has 1 saturated heterocycles. The minimum absolute atomic E-state index is 0.290. The molecule has 10 heteroatoms. The van der Waals surface area contributed by atoms with Gasteiger partial charge in [-0.25, -0.2) is 4.98 Å². The first-order valence-corrected chi connectivity index (χ1v) is 9.87. The Bertz CT molecular complexity index is 1030. The lowest BCUT2D eigenvalue weighted by Gasteiger charge is -2.19. The summed E-state index contributed by atoms with van der Waals surface area (Å²) in [4.78, 5) is 6.93. The first kappa shape index (κ1) is 20.5. The summed E-state index contributed by atoms with van der Waals surface area (Å²) in [6.45, 7) is 2.59. The Balaban J connectivity index is 1.51. The number of hydrogen-bond acceptors (Lipinski definition) is 5. The van der Waals surface area contributed by atoms with Crippen molar-refractivity contribution in [2.75, 3.05) is 30.3 Å². The van der Waals surface area contributed by atoms with Crippen LogP contribution in [0.2, 0.25) is 5.02 Å². The molecule has 2 heterocycles. The highest BCUT2D eigenvalue weighted by atomic mass is 35.5. The number of nitrogens with two attached hydrogens (primary N) is 1. The summed E-state index contributed by atoms with van der Waals surface area (Å²) in [5.41, 5.74) is 8.02. The van der Waals surface area contributed by atoms with E-state index in [9.17, 15) is 13.2 Å². The summed E-state index contributed by atoms with van der Waals surface area (Å²) < 4.78 is 48.4. The maximum atomic E-state index is 12.3. The molecule has 2 N–H and O–H groups in total. The number of nitrogen functional groups attached to an aromatic ring is 1. The minimum Gasteiger partial charge on any atom is -0.492 e. The van der Waals surface area contributed by atoms with E-state index in [1.165, 1.54) is 24.3 Å². The van der Waals surface area contributed by atoms with Crippen LogP contribution in [0.1, 0.15) is 12.8 Å². The molecule has 1 aromatic heterocycles. The number of imidazole rings is 1. The molecule has 0 unspecified atom stereocenters. The normalized spacial score (nSPS) is 14.5. The third-order valence-electron chi connectivity index (χ3n) is 4.84. The Labute approximate surface area is 175 Å². The maximum absolute atomic E-state index is 12.3. The molecule has 1 fully saturated rings. The molecule has 0 amide bonds.